The number of esters is 1. The summed E-state index contributed by atoms with van der Waals surface area (Å²) >= 11 is 5.84. The molecule has 2 heterocycles. The fraction of sp³-hybridized carbons (Fsp3) is 0.158. The van der Waals surface area contributed by atoms with E-state index < -0.39 is 30.6 Å². The first-order chi connectivity index (χ1) is 14.3. The topological polar surface area (TPSA) is 99.0 Å². The average Bonchev–Trinajstić information content (AvgIpc) is 2.70. The Hall–Kier alpha value is -3.53. The molecule has 2 aromatic heterocycles. The lowest BCUT2D eigenvalue weighted by Crippen LogP contribution is -2.30. The molecule has 1 amide bonds. The van der Waals surface area contributed by atoms with E-state index in [1.54, 1.807) is 12.1 Å². The van der Waals surface area contributed by atoms with Crippen LogP contribution in [-0.4, -0.2) is 34.4 Å². The van der Waals surface area contributed by atoms with Crippen LogP contribution < -0.4 is 15.6 Å². The van der Waals surface area contributed by atoms with Crippen LogP contribution in [0.5, 0.6) is 5.75 Å². The van der Waals surface area contributed by atoms with Crippen LogP contribution in [0.25, 0.3) is 5.65 Å². The molecule has 30 heavy (non-hydrogen) atoms. The molecule has 0 saturated heterocycles. The predicted molar refractivity (Wildman–Crippen MR) is 102 cm³/mol. The standard InChI is InChI=1S/C19H14ClF2N3O5/c20-12-4-5-15-24-13(7-16(26)25(15)9-12)10-29-17(27)8-23-18(28)11-2-1-3-14(6-11)30-19(21)22/h1-7,9,19H,8,10H2,(H,23,28). The summed E-state index contributed by atoms with van der Waals surface area (Å²) in [4.78, 5) is 40.2. The van der Waals surface area contributed by atoms with Gasteiger partial charge in [0.15, 0.2) is 0 Å². The van der Waals surface area contributed by atoms with E-state index in [1.165, 1.54) is 34.9 Å². The molecule has 0 saturated carbocycles. The number of carbonyl (C=O) groups is 2. The van der Waals surface area contributed by atoms with Gasteiger partial charge in [0.1, 0.15) is 24.5 Å². The lowest BCUT2D eigenvalue weighted by atomic mass is 10.2. The molecule has 156 valence electrons. The second-order valence-corrected chi connectivity index (χ2v) is 6.35. The monoisotopic (exact) mass is 437 g/mol. The van der Waals surface area contributed by atoms with Crippen molar-refractivity contribution in [3.05, 3.63) is 75.3 Å². The van der Waals surface area contributed by atoms with Gasteiger partial charge in [0.2, 0.25) is 0 Å². The summed E-state index contributed by atoms with van der Waals surface area (Å²) in [6.07, 6.45) is 1.42. The van der Waals surface area contributed by atoms with Gasteiger partial charge < -0.3 is 14.8 Å². The van der Waals surface area contributed by atoms with Crippen LogP contribution in [0, 0.1) is 0 Å². The van der Waals surface area contributed by atoms with E-state index in [9.17, 15) is 23.2 Å². The second-order valence-electron chi connectivity index (χ2n) is 5.91. The summed E-state index contributed by atoms with van der Waals surface area (Å²) in [6, 6.07) is 9.43. The van der Waals surface area contributed by atoms with Crippen LogP contribution in [0.1, 0.15) is 16.1 Å². The Labute approximate surface area is 173 Å². The fourth-order valence-corrected chi connectivity index (χ4v) is 2.63. The third-order valence-electron chi connectivity index (χ3n) is 3.77. The smallest absolute Gasteiger partial charge is 0.387 e. The molecule has 0 fully saturated rings. The van der Waals surface area contributed by atoms with Crippen molar-refractivity contribution in [3.8, 4) is 5.75 Å². The fourth-order valence-electron chi connectivity index (χ4n) is 2.47. The van der Waals surface area contributed by atoms with E-state index in [0.29, 0.717) is 10.7 Å². The predicted octanol–water partition coefficient (Wildman–Crippen LogP) is 2.42. The zero-order valence-electron chi connectivity index (χ0n) is 15.2. The molecule has 8 nitrogen and oxygen atoms in total. The molecule has 0 aliphatic carbocycles. The van der Waals surface area contributed by atoms with Crippen molar-refractivity contribution in [3.63, 3.8) is 0 Å². The Bertz CT molecular complexity index is 1150. The summed E-state index contributed by atoms with van der Waals surface area (Å²) in [6.45, 7) is -3.77. The number of nitrogens with one attached hydrogen (secondary N) is 1. The molecule has 0 bridgehead atoms. The van der Waals surface area contributed by atoms with Crippen LogP contribution in [0.15, 0.2) is 53.5 Å². The SMILES string of the molecule is O=C(CNC(=O)c1cccc(OC(F)F)c1)OCc1cc(=O)n2cc(Cl)ccc2n1. The van der Waals surface area contributed by atoms with Gasteiger partial charge in [-0.15, -0.1) is 0 Å². The largest absolute Gasteiger partial charge is 0.458 e. The quantitative estimate of drug-likeness (QED) is 0.570. The summed E-state index contributed by atoms with van der Waals surface area (Å²) in [5.74, 6) is -1.64. The van der Waals surface area contributed by atoms with Crippen LogP contribution >= 0.6 is 11.6 Å². The number of nitrogens with zero attached hydrogens (tertiary/aromatic N) is 2. The molecular weight excluding hydrogens is 424 g/mol. The highest BCUT2D eigenvalue weighted by atomic mass is 35.5. The van der Waals surface area contributed by atoms with Gasteiger partial charge in [-0.2, -0.15) is 8.78 Å². The Morgan fingerprint density at radius 2 is 2.00 bits per heavy atom. The minimum absolute atomic E-state index is 0.0313. The van der Waals surface area contributed by atoms with Crippen LogP contribution in [-0.2, 0) is 16.1 Å². The first-order valence-electron chi connectivity index (χ1n) is 8.48. The summed E-state index contributed by atoms with van der Waals surface area (Å²) < 4.78 is 35.0. The normalized spacial score (nSPS) is 10.8. The Balaban J connectivity index is 1.55. The molecule has 3 aromatic rings. The number of rotatable bonds is 7. The van der Waals surface area contributed by atoms with Gasteiger partial charge in [0.25, 0.3) is 11.5 Å². The van der Waals surface area contributed by atoms with Gasteiger partial charge in [-0.25, -0.2) is 4.98 Å². The highest BCUT2D eigenvalue weighted by Crippen LogP contribution is 2.15. The Morgan fingerprint density at radius 1 is 1.20 bits per heavy atom. The summed E-state index contributed by atoms with van der Waals surface area (Å²) in [5.41, 5.74) is 0.188. The van der Waals surface area contributed by atoms with Gasteiger partial charge in [-0.3, -0.25) is 18.8 Å². The molecule has 11 heteroatoms. The van der Waals surface area contributed by atoms with Crippen molar-refractivity contribution in [2.75, 3.05) is 6.54 Å². The van der Waals surface area contributed by atoms with Crippen LogP contribution in [0.4, 0.5) is 8.78 Å². The molecule has 0 spiro atoms. The number of pyridine rings is 1. The molecule has 0 unspecified atom stereocenters. The average molecular weight is 438 g/mol. The number of aromatic nitrogens is 2. The first kappa shape index (κ1) is 21.2. The maximum atomic E-state index is 12.2. The molecule has 1 aromatic carbocycles. The van der Waals surface area contributed by atoms with E-state index in [-0.39, 0.29) is 23.6 Å². The number of halogens is 3. The minimum atomic E-state index is -3.02. The number of fused-ring (bicyclic) bond motifs is 1. The number of benzene rings is 1. The van der Waals surface area contributed by atoms with Crippen LogP contribution in [0.3, 0.4) is 0 Å². The number of alkyl halides is 2. The van der Waals surface area contributed by atoms with Gasteiger partial charge in [-0.1, -0.05) is 17.7 Å². The molecule has 0 radical (unpaired) electrons. The van der Waals surface area contributed by atoms with Gasteiger partial charge in [0, 0.05) is 17.8 Å². The lowest BCUT2D eigenvalue weighted by molar-refractivity contribution is -0.143. The molecule has 0 aliphatic heterocycles. The minimum Gasteiger partial charge on any atom is -0.458 e. The van der Waals surface area contributed by atoms with Crippen molar-refractivity contribution in [1.82, 2.24) is 14.7 Å². The molecule has 3 rings (SSSR count). The number of amides is 1. The molecular formula is C19H14ClF2N3O5. The van der Waals surface area contributed by atoms with Crippen LogP contribution in [0.2, 0.25) is 5.02 Å². The maximum Gasteiger partial charge on any atom is 0.387 e. The molecule has 0 aliphatic rings. The molecule has 1 N–H and O–H groups in total. The summed E-state index contributed by atoms with van der Waals surface area (Å²) in [7, 11) is 0. The van der Waals surface area contributed by atoms with E-state index in [4.69, 9.17) is 16.3 Å². The van der Waals surface area contributed by atoms with Crippen molar-refractivity contribution in [2.45, 2.75) is 13.2 Å². The zero-order chi connectivity index (χ0) is 21.7. The Morgan fingerprint density at radius 3 is 2.77 bits per heavy atom. The number of carbonyl (C=O) groups excluding carboxylic acids is 2. The van der Waals surface area contributed by atoms with Crippen molar-refractivity contribution in [1.29, 1.82) is 0 Å². The third kappa shape index (κ3) is 5.51. The van der Waals surface area contributed by atoms with Gasteiger partial charge in [-0.05, 0) is 30.3 Å². The number of hydrogen-bond donors (Lipinski definition) is 1. The van der Waals surface area contributed by atoms with Gasteiger partial charge in [0.05, 0.1) is 10.7 Å². The van der Waals surface area contributed by atoms with E-state index >= 15 is 0 Å². The second kappa shape index (κ2) is 9.31. The zero-order valence-corrected chi connectivity index (χ0v) is 15.9. The lowest BCUT2D eigenvalue weighted by Gasteiger charge is -2.09. The third-order valence-corrected chi connectivity index (χ3v) is 4.00. The van der Waals surface area contributed by atoms with E-state index in [0.717, 1.165) is 6.07 Å². The van der Waals surface area contributed by atoms with Crippen molar-refractivity contribution >= 4 is 29.1 Å². The van der Waals surface area contributed by atoms with Crippen molar-refractivity contribution in [2.24, 2.45) is 0 Å². The van der Waals surface area contributed by atoms with Gasteiger partial charge >= 0.3 is 12.6 Å². The first-order valence-corrected chi connectivity index (χ1v) is 8.86. The highest BCUT2D eigenvalue weighted by Gasteiger charge is 2.12. The maximum absolute atomic E-state index is 12.2. The Kier molecular flexibility index (Phi) is 6.58. The highest BCUT2D eigenvalue weighted by molar-refractivity contribution is 6.30. The summed E-state index contributed by atoms with van der Waals surface area (Å²) in [5, 5.41) is 2.67. The van der Waals surface area contributed by atoms with E-state index in [1.807, 2.05) is 0 Å². The van der Waals surface area contributed by atoms with E-state index in [2.05, 4.69) is 15.0 Å². The number of ether oxygens (including phenoxy) is 2. The molecule has 0 atom stereocenters. The number of hydrogen-bond acceptors (Lipinski definition) is 6. The van der Waals surface area contributed by atoms with Crippen molar-refractivity contribution < 1.29 is 27.8 Å².